The van der Waals surface area contributed by atoms with Gasteiger partial charge in [-0.05, 0) is 18.2 Å². The Labute approximate surface area is 142 Å². The summed E-state index contributed by atoms with van der Waals surface area (Å²) >= 11 is 0. The Morgan fingerprint density at radius 1 is 1.12 bits per heavy atom. The molecule has 1 aromatic heterocycles. The molecule has 4 aliphatic heterocycles. The third-order valence-corrected chi connectivity index (χ3v) is 6.41. The van der Waals surface area contributed by atoms with Crippen LogP contribution >= 0.6 is 0 Å². The molecule has 4 aliphatic rings. The Kier molecular flexibility index (Phi) is 2.79. The SMILES string of the molecule is COc1cccc2[nH]c(C3N4CC5(C)CN3CC(C)(C4)C5O)cc12. The second-order valence-corrected chi connectivity index (χ2v) is 8.54. The van der Waals surface area contributed by atoms with Crippen molar-refractivity contribution in [2.75, 3.05) is 33.3 Å². The molecule has 5 heteroatoms. The number of benzene rings is 1. The molecular weight excluding hydrogens is 302 g/mol. The van der Waals surface area contributed by atoms with E-state index in [1.807, 2.05) is 12.1 Å². The highest BCUT2D eigenvalue weighted by Crippen LogP contribution is 2.54. The molecule has 2 N–H and O–H groups in total. The summed E-state index contributed by atoms with van der Waals surface area (Å²) in [6.07, 6.45) is 0.0667. The fourth-order valence-corrected chi connectivity index (χ4v) is 5.69. The number of hydrogen-bond acceptors (Lipinski definition) is 4. The Balaban J connectivity index is 1.58. The van der Waals surface area contributed by atoms with Crippen LogP contribution in [0.2, 0.25) is 0 Å². The van der Waals surface area contributed by atoms with Gasteiger partial charge >= 0.3 is 0 Å². The molecule has 4 fully saturated rings. The first-order valence-corrected chi connectivity index (χ1v) is 8.75. The smallest absolute Gasteiger partial charge is 0.128 e. The minimum atomic E-state index is -0.207. The van der Waals surface area contributed by atoms with Gasteiger partial charge in [-0.1, -0.05) is 19.9 Å². The van der Waals surface area contributed by atoms with Gasteiger partial charge in [-0.15, -0.1) is 0 Å². The summed E-state index contributed by atoms with van der Waals surface area (Å²) in [4.78, 5) is 8.69. The van der Waals surface area contributed by atoms with Crippen LogP contribution in [0.3, 0.4) is 0 Å². The van der Waals surface area contributed by atoms with Crippen LogP contribution in [0.25, 0.3) is 10.9 Å². The number of aliphatic hydroxyl groups excluding tert-OH is 1. The van der Waals surface area contributed by atoms with Crippen LogP contribution in [0.4, 0.5) is 0 Å². The van der Waals surface area contributed by atoms with Crippen LogP contribution in [-0.2, 0) is 0 Å². The van der Waals surface area contributed by atoms with Crippen LogP contribution in [0.15, 0.2) is 24.3 Å². The van der Waals surface area contributed by atoms with E-state index in [0.717, 1.165) is 42.8 Å². The van der Waals surface area contributed by atoms with Crippen molar-refractivity contribution in [3.63, 3.8) is 0 Å². The Bertz CT molecular complexity index is 776. The molecule has 0 atom stereocenters. The Morgan fingerprint density at radius 2 is 1.75 bits per heavy atom. The number of piperidine rings is 2. The number of fused-ring (bicyclic) bond motifs is 1. The minimum absolute atomic E-state index is 0.0224. The third-order valence-electron chi connectivity index (χ3n) is 6.41. The van der Waals surface area contributed by atoms with Gasteiger partial charge in [-0.2, -0.15) is 0 Å². The number of ether oxygens (including phenoxy) is 1. The number of rotatable bonds is 2. The maximum atomic E-state index is 10.8. The lowest BCUT2D eigenvalue weighted by Gasteiger charge is -2.68. The number of aromatic amines is 1. The van der Waals surface area contributed by atoms with Crippen molar-refractivity contribution in [3.8, 4) is 5.75 Å². The lowest BCUT2D eigenvalue weighted by Crippen LogP contribution is -2.76. The molecule has 2 aromatic rings. The van der Waals surface area contributed by atoms with Gasteiger partial charge in [0.25, 0.3) is 0 Å². The van der Waals surface area contributed by atoms with E-state index in [-0.39, 0.29) is 23.1 Å². The summed E-state index contributed by atoms with van der Waals surface area (Å²) in [5.41, 5.74) is 2.31. The van der Waals surface area contributed by atoms with Crippen LogP contribution in [0.5, 0.6) is 5.75 Å². The summed E-state index contributed by atoms with van der Waals surface area (Å²) in [7, 11) is 1.72. The normalized spacial score (nSPS) is 43.5. The quantitative estimate of drug-likeness (QED) is 0.888. The van der Waals surface area contributed by atoms with Gasteiger partial charge in [0.05, 0.1) is 13.2 Å². The van der Waals surface area contributed by atoms with Crippen LogP contribution < -0.4 is 4.74 Å². The van der Waals surface area contributed by atoms with Gasteiger partial charge in [0.15, 0.2) is 0 Å². The number of methoxy groups -OCH3 is 1. The average Bonchev–Trinajstić information content (AvgIpc) is 2.94. The van der Waals surface area contributed by atoms with Crippen LogP contribution in [0, 0.1) is 10.8 Å². The van der Waals surface area contributed by atoms with E-state index in [0.29, 0.717) is 0 Å². The zero-order valence-corrected chi connectivity index (χ0v) is 14.5. The van der Waals surface area contributed by atoms with Crippen molar-refractivity contribution >= 4 is 10.9 Å². The van der Waals surface area contributed by atoms with Gasteiger partial charge in [0, 0.05) is 53.6 Å². The van der Waals surface area contributed by atoms with Crippen LogP contribution in [0.1, 0.15) is 25.7 Å². The lowest BCUT2D eigenvalue weighted by molar-refractivity contribution is -0.254. The van der Waals surface area contributed by atoms with Crippen molar-refractivity contribution in [1.29, 1.82) is 0 Å². The van der Waals surface area contributed by atoms with E-state index in [4.69, 9.17) is 4.74 Å². The minimum Gasteiger partial charge on any atom is -0.496 e. The number of nitrogens with one attached hydrogen (secondary N) is 1. The number of hydrogen-bond donors (Lipinski definition) is 2. The van der Waals surface area contributed by atoms with E-state index in [1.54, 1.807) is 7.11 Å². The molecule has 0 radical (unpaired) electrons. The van der Waals surface area contributed by atoms with Crippen molar-refractivity contribution in [2.45, 2.75) is 26.1 Å². The van der Waals surface area contributed by atoms with Crippen molar-refractivity contribution in [3.05, 3.63) is 30.0 Å². The largest absolute Gasteiger partial charge is 0.496 e. The van der Waals surface area contributed by atoms with Crippen LogP contribution in [-0.4, -0.2) is 59.3 Å². The molecule has 4 bridgehead atoms. The van der Waals surface area contributed by atoms with Gasteiger partial charge in [0.2, 0.25) is 0 Å². The number of nitrogens with zero attached hydrogens (tertiary/aromatic N) is 2. The zero-order valence-electron chi connectivity index (χ0n) is 14.5. The summed E-state index contributed by atoms with van der Waals surface area (Å²) in [5.74, 6) is 0.915. The molecule has 5 nitrogen and oxygen atoms in total. The summed E-state index contributed by atoms with van der Waals surface area (Å²) in [6, 6.07) is 8.38. The molecule has 128 valence electrons. The van der Waals surface area contributed by atoms with E-state index in [9.17, 15) is 5.11 Å². The molecule has 5 heterocycles. The second-order valence-electron chi connectivity index (χ2n) is 8.54. The molecule has 0 saturated carbocycles. The maximum Gasteiger partial charge on any atom is 0.128 e. The molecule has 24 heavy (non-hydrogen) atoms. The fraction of sp³-hybridized carbons (Fsp3) is 0.579. The summed E-state index contributed by atoms with van der Waals surface area (Å²) in [6.45, 7) is 8.29. The van der Waals surface area contributed by atoms with Gasteiger partial charge in [-0.25, -0.2) is 0 Å². The second kappa shape index (κ2) is 4.54. The predicted molar refractivity (Wildman–Crippen MR) is 93.0 cm³/mol. The molecular formula is C19H25N3O2. The monoisotopic (exact) mass is 327 g/mol. The standard InChI is InChI=1S/C19H25N3O2/c1-18-8-21-10-19(2,17(18)23)11-22(9-18)16(21)14-7-12-13(20-14)5-4-6-15(12)24-3/h4-7,16-17,20,23H,8-11H2,1-3H3. The molecule has 0 amide bonds. The molecule has 0 aliphatic carbocycles. The zero-order chi connectivity index (χ0) is 16.7. The highest BCUT2D eigenvalue weighted by molar-refractivity contribution is 5.86. The first kappa shape index (κ1) is 14.8. The predicted octanol–water partition coefficient (Wildman–Crippen LogP) is 2.19. The van der Waals surface area contributed by atoms with Crippen molar-refractivity contribution in [2.24, 2.45) is 10.8 Å². The topological polar surface area (TPSA) is 51.7 Å². The number of H-pyrrole nitrogens is 1. The molecule has 1 aromatic carbocycles. The average molecular weight is 327 g/mol. The fourth-order valence-electron chi connectivity index (χ4n) is 5.69. The highest BCUT2D eigenvalue weighted by Gasteiger charge is 2.62. The number of aliphatic hydroxyl groups is 1. The molecule has 0 spiro atoms. The molecule has 4 saturated heterocycles. The Hall–Kier alpha value is -1.56. The van der Waals surface area contributed by atoms with Gasteiger partial charge < -0.3 is 14.8 Å². The summed E-state index contributed by atoms with van der Waals surface area (Å²) < 4.78 is 5.51. The van der Waals surface area contributed by atoms with E-state index in [1.165, 1.54) is 5.69 Å². The first-order valence-electron chi connectivity index (χ1n) is 8.75. The van der Waals surface area contributed by atoms with E-state index < -0.39 is 0 Å². The van der Waals surface area contributed by atoms with Gasteiger partial charge in [0.1, 0.15) is 11.9 Å². The Morgan fingerprint density at radius 3 is 2.33 bits per heavy atom. The van der Waals surface area contributed by atoms with Crippen molar-refractivity contribution in [1.82, 2.24) is 14.8 Å². The molecule has 6 rings (SSSR count). The first-order chi connectivity index (χ1) is 11.4. The van der Waals surface area contributed by atoms with Gasteiger partial charge in [-0.3, -0.25) is 9.80 Å². The highest BCUT2D eigenvalue weighted by atomic mass is 16.5. The lowest BCUT2D eigenvalue weighted by atomic mass is 9.60. The third kappa shape index (κ3) is 1.75. The summed E-state index contributed by atoms with van der Waals surface area (Å²) in [5, 5.41) is 11.9. The number of aromatic nitrogens is 1. The van der Waals surface area contributed by atoms with Crippen molar-refractivity contribution < 1.29 is 9.84 Å². The molecule has 0 unspecified atom stereocenters. The van der Waals surface area contributed by atoms with E-state index >= 15 is 0 Å². The maximum absolute atomic E-state index is 10.8. The van der Waals surface area contributed by atoms with E-state index in [2.05, 4.69) is 40.8 Å².